The fourth-order valence-electron chi connectivity index (χ4n) is 1.55. The van der Waals surface area contributed by atoms with Crippen molar-refractivity contribution in [1.29, 1.82) is 0 Å². The van der Waals surface area contributed by atoms with Crippen LogP contribution in [0.1, 0.15) is 12.5 Å². The zero-order valence-electron chi connectivity index (χ0n) is 11.7. The minimum absolute atomic E-state index is 0.637. The summed E-state index contributed by atoms with van der Waals surface area (Å²) in [6.45, 7) is 10.2. The molecule has 0 aliphatic carbocycles. The molecule has 0 saturated heterocycles. The molecule has 0 spiro atoms. The molecular weight excluding hydrogens is 260 g/mol. The van der Waals surface area contributed by atoms with E-state index in [0.29, 0.717) is 4.91 Å². The van der Waals surface area contributed by atoms with Crippen LogP contribution in [0.15, 0.2) is 39.8 Å². The molecule has 1 N–H and O–H groups in total. The van der Waals surface area contributed by atoms with E-state index in [9.17, 15) is 9.32 Å². The SMILES string of the molecule is Cc1ccc([S@](=O)C(=C[Si](C)(C)C)[C@@H](C)O)cc1. The van der Waals surface area contributed by atoms with Gasteiger partial charge < -0.3 is 5.11 Å². The molecule has 18 heavy (non-hydrogen) atoms. The summed E-state index contributed by atoms with van der Waals surface area (Å²) >= 11 is 0. The summed E-state index contributed by atoms with van der Waals surface area (Å²) in [5.74, 6) is 0. The Labute approximate surface area is 113 Å². The van der Waals surface area contributed by atoms with E-state index >= 15 is 0 Å². The maximum Gasteiger partial charge on any atom is 0.0842 e. The molecule has 0 radical (unpaired) electrons. The van der Waals surface area contributed by atoms with Gasteiger partial charge in [-0.05, 0) is 26.0 Å². The van der Waals surface area contributed by atoms with Crippen molar-refractivity contribution in [1.82, 2.24) is 0 Å². The van der Waals surface area contributed by atoms with Crippen LogP contribution in [0.25, 0.3) is 0 Å². The van der Waals surface area contributed by atoms with Crippen LogP contribution in [-0.2, 0) is 10.8 Å². The highest BCUT2D eigenvalue weighted by Crippen LogP contribution is 2.20. The number of hydrogen-bond acceptors (Lipinski definition) is 2. The summed E-state index contributed by atoms with van der Waals surface area (Å²) in [7, 11) is -2.76. The van der Waals surface area contributed by atoms with E-state index < -0.39 is 25.0 Å². The van der Waals surface area contributed by atoms with E-state index in [1.54, 1.807) is 6.92 Å². The van der Waals surface area contributed by atoms with E-state index in [1.165, 1.54) is 0 Å². The molecule has 0 unspecified atom stereocenters. The van der Waals surface area contributed by atoms with Crippen molar-refractivity contribution in [3.05, 3.63) is 40.4 Å². The van der Waals surface area contributed by atoms with Crippen LogP contribution in [0, 0.1) is 6.92 Å². The minimum atomic E-state index is -1.50. The number of rotatable bonds is 4. The standard InChI is InChI=1S/C14H22O2SSi/c1-11-6-8-13(9-7-11)17(16)14(12(2)15)10-18(3,4)5/h6-10,12,15H,1-5H3/t12-,17+/m1/s1. The van der Waals surface area contributed by atoms with Gasteiger partial charge in [0.25, 0.3) is 0 Å². The molecule has 4 heteroatoms. The van der Waals surface area contributed by atoms with Crippen LogP contribution in [-0.4, -0.2) is 23.5 Å². The second kappa shape index (κ2) is 5.95. The first-order valence-electron chi connectivity index (χ1n) is 6.10. The molecule has 0 fully saturated rings. The first kappa shape index (κ1) is 15.3. The van der Waals surface area contributed by atoms with Gasteiger partial charge >= 0.3 is 0 Å². The lowest BCUT2D eigenvalue weighted by Crippen LogP contribution is -2.21. The largest absolute Gasteiger partial charge is 0.388 e. The second-order valence-electron chi connectivity index (χ2n) is 5.67. The van der Waals surface area contributed by atoms with Crippen molar-refractivity contribution >= 4 is 18.9 Å². The molecule has 0 heterocycles. The van der Waals surface area contributed by atoms with E-state index in [2.05, 4.69) is 19.6 Å². The lowest BCUT2D eigenvalue weighted by atomic mass is 10.2. The number of aliphatic hydroxyl groups is 1. The first-order chi connectivity index (χ1) is 8.20. The van der Waals surface area contributed by atoms with Crippen LogP contribution < -0.4 is 0 Å². The summed E-state index contributed by atoms with van der Waals surface area (Å²) in [6, 6.07) is 7.63. The Morgan fingerprint density at radius 1 is 1.28 bits per heavy atom. The van der Waals surface area contributed by atoms with Crippen molar-refractivity contribution in [3.63, 3.8) is 0 Å². The van der Waals surface area contributed by atoms with Crippen LogP contribution in [0.5, 0.6) is 0 Å². The quantitative estimate of drug-likeness (QED) is 0.861. The number of aryl methyl sites for hydroxylation is 1. The molecule has 1 aromatic carbocycles. The zero-order chi connectivity index (χ0) is 13.9. The lowest BCUT2D eigenvalue weighted by molar-refractivity contribution is 0.240. The molecule has 0 aliphatic heterocycles. The number of hydrogen-bond donors (Lipinski definition) is 1. The van der Waals surface area contributed by atoms with Crippen LogP contribution >= 0.6 is 0 Å². The van der Waals surface area contributed by atoms with Crippen molar-refractivity contribution in [3.8, 4) is 0 Å². The van der Waals surface area contributed by atoms with Gasteiger partial charge in [0.05, 0.1) is 25.0 Å². The van der Waals surface area contributed by atoms with Crippen LogP contribution in [0.4, 0.5) is 0 Å². The predicted octanol–water partition coefficient (Wildman–Crippen LogP) is 3.24. The monoisotopic (exact) mass is 282 g/mol. The number of aliphatic hydroxyl groups excluding tert-OH is 1. The third-order valence-electron chi connectivity index (χ3n) is 2.44. The highest BCUT2D eigenvalue weighted by molar-refractivity contribution is 7.89. The normalized spacial score (nSPS) is 16.4. The van der Waals surface area contributed by atoms with Gasteiger partial charge in [-0.15, -0.1) is 0 Å². The lowest BCUT2D eigenvalue weighted by Gasteiger charge is -2.16. The van der Waals surface area contributed by atoms with Crippen LogP contribution in [0.3, 0.4) is 0 Å². The third kappa shape index (κ3) is 4.52. The molecule has 0 aromatic heterocycles. The Kier molecular flexibility index (Phi) is 5.07. The van der Waals surface area contributed by atoms with Gasteiger partial charge in [0.15, 0.2) is 0 Å². The maximum atomic E-state index is 12.5. The van der Waals surface area contributed by atoms with Gasteiger partial charge in [0.2, 0.25) is 0 Å². The Balaban J connectivity index is 3.12. The van der Waals surface area contributed by atoms with Gasteiger partial charge in [-0.1, -0.05) is 43.0 Å². The Hall–Kier alpha value is -0.713. The molecule has 100 valence electrons. The van der Waals surface area contributed by atoms with Crippen molar-refractivity contribution in [2.45, 2.75) is 44.5 Å². The molecule has 1 rings (SSSR count). The molecule has 2 nitrogen and oxygen atoms in total. The van der Waals surface area contributed by atoms with Crippen LogP contribution in [0.2, 0.25) is 19.6 Å². The molecule has 0 amide bonds. The van der Waals surface area contributed by atoms with Gasteiger partial charge in [0, 0.05) is 9.80 Å². The Bertz CT molecular complexity index is 456. The molecule has 0 aliphatic rings. The number of benzene rings is 1. The summed E-state index contributed by atoms with van der Waals surface area (Å²) in [6.07, 6.45) is -0.668. The molecular formula is C14H22O2SSi. The first-order valence-corrected chi connectivity index (χ1v) is 10.8. The minimum Gasteiger partial charge on any atom is -0.388 e. The fraction of sp³-hybridized carbons (Fsp3) is 0.429. The zero-order valence-corrected chi connectivity index (χ0v) is 13.5. The van der Waals surface area contributed by atoms with E-state index in [-0.39, 0.29) is 0 Å². The molecule has 0 saturated carbocycles. The van der Waals surface area contributed by atoms with E-state index in [1.807, 2.05) is 36.9 Å². The summed E-state index contributed by atoms with van der Waals surface area (Å²) in [5.41, 5.74) is 3.18. The summed E-state index contributed by atoms with van der Waals surface area (Å²) < 4.78 is 12.5. The molecule has 2 atom stereocenters. The summed E-state index contributed by atoms with van der Waals surface area (Å²) in [5, 5.41) is 9.82. The van der Waals surface area contributed by atoms with Gasteiger partial charge in [0.1, 0.15) is 0 Å². The topological polar surface area (TPSA) is 37.3 Å². The average molecular weight is 282 g/mol. The second-order valence-corrected chi connectivity index (χ2v) is 12.2. The predicted molar refractivity (Wildman–Crippen MR) is 80.7 cm³/mol. The Morgan fingerprint density at radius 3 is 2.17 bits per heavy atom. The Morgan fingerprint density at radius 2 is 1.78 bits per heavy atom. The van der Waals surface area contributed by atoms with E-state index in [4.69, 9.17) is 0 Å². The summed E-state index contributed by atoms with van der Waals surface area (Å²) in [4.78, 5) is 1.39. The third-order valence-corrected chi connectivity index (χ3v) is 5.41. The average Bonchev–Trinajstić information content (AvgIpc) is 2.24. The fourth-order valence-corrected chi connectivity index (χ4v) is 5.10. The highest BCUT2D eigenvalue weighted by Gasteiger charge is 2.20. The van der Waals surface area contributed by atoms with Crippen molar-refractivity contribution in [2.24, 2.45) is 0 Å². The van der Waals surface area contributed by atoms with Crippen molar-refractivity contribution < 1.29 is 9.32 Å². The molecule has 1 aromatic rings. The van der Waals surface area contributed by atoms with Gasteiger partial charge in [-0.25, -0.2) is 4.21 Å². The van der Waals surface area contributed by atoms with Crippen molar-refractivity contribution in [2.75, 3.05) is 0 Å². The highest BCUT2D eigenvalue weighted by atomic mass is 32.2. The smallest absolute Gasteiger partial charge is 0.0842 e. The van der Waals surface area contributed by atoms with Gasteiger partial charge in [-0.3, -0.25) is 0 Å². The van der Waals surface area contributed by atoms with E-state index in [0.717, 1.165) is 10.5 Å². The maximum absolute atomic E-state index is 12.5. The van der Waals surface area contributed by atoms with Gasteiger partial charge in [-0.2, -0.15) is 0 Å². The molecule has 0 bridgehead atoms.